The average molecular weight is 390 g/mol. The van der Waals surface area contributed by atoms with E-state index in [-0.39, 0.29) is 17.4 Å². The van der Waals surface area contributed by atoms with Crippen molar-refractivity contribution in [3.63, 3.8) is 0 Å². The first-order valence-corrected chi connectivity index (χ1v) is 10.8. The molecule has 2 aliphatic rings. The van der Waals surface area contributed by atoms with Gasteiger partial charge in [0.15, 0.2) is 11.5 Å². The van der Waals surface area contributed by atoms with Gasteiger partial charge in [-0.2, -0.15) is 0 Å². The van der Waals surface area contributed by atoms with Crippen molar-refractivity contribution in [3.05, 3.63) is 23.3 Å². The van der Waals surface area contributed by atoms with Crippen molar-refractivity contribution < 1.29 is 19.0 Å². The van der Waals surface area contributed by atoms with Crippen LogP contribution in [0.5, 0.6) is 11.5 Å². The van der Waals surface area contributed by atoms with Crippen LogP contribution < -0.4 is 9.47 Å². The fourth-order valence-electron chi connectivity index (χ4n) is 5.03. The van der Waals surface area contributed by atoms with E-state index in [9.17, 15) is 4.79 Å². The Kier molecular flexibility index (Phi) is 6.86. The number of nitrogens with zero attached hydrogens (tertiary/aromatic N) is 1. The van der Waals surface area contributed by atoms with Gasteiger partial charge < -0.3 is 14.2 Å². The molecule has 28 heavy (non-hydrogen) atoms. The maximum absolute atomic E-state index is 12.4. The van der Waals surface area contributed by atoms with Crippen molar-refractivity contribution in [2.45, 2.75) is 64.3 Å². The molecule has 1 saturated carbocycles. The van der Waals surface area contributed by atoms with Crippen molar-refractivity contribution in [2.24, 2.45) is 5.92 Å². The van der Waals surface area contributed by atoms with Gasteiger partial charge in [0, 0.05) is 12.1 Å². The molecule has 156 valence electrons. The van der Waals surface area contributed by atoms with Crippen LogP contribution in [0.4, 0.5) is 0 Å². The maximum Gasteiger partial charge on any atom is 0.308 e. The second-order valence-electron chi connectivity index (χ2n) is 8.07. The van der Waals surface area contributed by atoms with Crippen molar-refractivity contribution in [1.82, 2.24) is 4.90 Å². The number of ether oxygens (including phenoxy) is 3. The Hall–Kier alpha value is -1.75. The van der Waals surface area contributed by atoms with Gasteiger partial charge in [0.25, 0.3) is 0 Å². The Morgan fingerprint density at radius 3 is 2.39 bits per heavy atom. The summed E-state index contributed by atoms with van der Waals surface area (Å²) >= 11 is 0. The van der Waals surface area contributed by atoms with Crippen LogP contribution in [0.15, 0.2) is 12.1 Å². The zero-order chi connectivity index (χ0) is 20.1. The van der Waals surface area contributed by atoms with Gasteiger partial charge in [-0.05, 0) is 74.8 Å². The molecule has 1 spiro atoms. The summed E-state index contributed by atoms with van der Waals surface area (Å²) in [7, 11) is 3.39. The number of hydrogen-bond acceptors (Lipinski definition) is 5. The highest BCUT2D eigenvalue weighted by molar-refractivity contribution is 5.72. The number of fused-ring (bicyclic) bond motifs is 2. The third-order valence-electron chi connectivity index (χ3n) is 6.46. The molecule has 1 heterocycles. The van der Waals surface area contributed by atoms with E-state index in [1.807, 2.05) is 6.92 Å². The van der Waals surface area contributed by atoms with Gasteiger partial charge in [-0.3, -0.25) is 9.69 Å². The lowest BCUT2D eigenvalue weighted by Gasteiger charge is -2.51. The average Bonchev–Trinajstić information content (AvgIpc) is 2.73. The SMILES string of the molecule is CCCOC(=O)C1CCC2(CC1)c1cc(OC)c(OC)cc1CCN2CCC. The Bertz CT molecular complexity index is 679. The van der Waals surface area contributed by atoms with Crippen LogP contribution in [0.3, 0.4) is 0 Å². The summed E-state index contributed by atoms with van der Waals surface area (Å²) in [6.45, 7) is 6.94. The Morgan fingerprint density at radius 1 is 1.11 bits per heavy atom. The molecule has 1 aromatic rings. The molecule has 1 aromatic carbocycles. The minimum absolute atomic E-state index is 0.00924. The topological polar surface area (TPSA) is 48.0 Å². The third-order valence-corrected chi connectivity index (χ3v) is 6.46. The quantitative estimate of drug-likeness (QED) is 0.650. The minimum Gasteiger partial charge on any atom is -0.493 e. The van der Waals surface area contributed by atoms with E-state index >= 15 is 0 Å². The number of carbonyl (C=O) groups is 1. The molecule has 0 radical (unpaired) electrons. The highest BCUT2D eigenvalue weighted by Crippen LogP contribution is 2.50. The molecule has 0 unspecified atom stereocenters. The molecule has 0 N–H and O–H groups in total. The lowest BCUT2D eigenvalue weighted by molar-refractivity contribution is -0.151. The predicted octanol–water partition coefficient (Wildman–Crippen LogP) is 4.31. The van der Waals surface area contributed by atoms with Crippen LogP contribution in [-0.4, -0.2) is 44.8 Å². The van der Waals surface area contributed by atoms with Gasteiger partial charge in [0.2, 0.25) is 0 Å². The first kappa shape index (κ1) is 21.0. The molecule has 3 rings (SSSR count). The van der Waals surface area contributed by atoms with Gasteiger partial charge >= 0.3 is 5.97 Å². The number of methoxy groups -OCH3 is 2. The fraction of sp³-hybridized carbons (Fsp3) is 0.696. The van der Waals surface area contributed by atoms with Crippen LogP contribution >= 0.6 is 0 Å². The largest absolute Gasteiger partial charge is 0.493 e. The number of hydrogen-bond donors (Lipinski definition) is 0. The zero-order valence-corrected chi connectivity index (χ0v) is 17.9. The summed E-state index contributed by atoms with van der Waals surface area (Å²) in [5.41, 5.74) is 2.72. The van der Waals surface area contributed by atoms with Gasteiger partial charge in [-0.15, -0.1) is 0 Å². The molecule has 1 aliphatic carbocycles. The van der Waals surface area contributed by atoms with Gasteiger partial charge in [0.1, 0.15) is 0 Å². The predicted molar refractivity (Wildman–Crippen MR) is 110 cm³/mol. The van der Waals surface area contributed by atoms with E-state index in [4.69, 9.17) is 14.2 Å². The summed E-state index contributed by atoms with van der Waals surface area (Å²) in [6, 6.07) is 4.34. The van der Waals surface area contributed by atoms with Crippen LogP contribution in [0.1, 0.15) is 63.5 Å². The van der Waals surface area contributed by atoms with Gasteiger partial charge in [-0.25, -0.2) is 0 Å². The standard InChI is InChI=1S/C23H35NO4/c1-5-12-24-13-9-18-15-20(26-3)21(27-4)16-19(18)23(24)10-7-17(8-11-23)22(25)28-14-6-2/h15-17H,5-14H2,1-4H3. The fourth-order valence-corrected chi connectivity index (χ4v) is 5.03. The second kappa shape index (κ2) is 9.17. The summed E-state index contributed by atoms with van der Waals surface area (Å²) in [6.07, 6.45) is 6.78. The number of rotatable bonds is 7. The lowest BCUT2D eigenvalue weighted by Crippen LogP contribution is -2.53. The Labute approximate surface area is 169 Å². The normalized spacial score (nSPS) is 24.6. The smallest absolute Gasteiger partial charge is 0.308 e. The Morgan fingerprint density at radius 2 is 1.79 bits per heavy atom. The molecule has 0 amide bonds. The van der Waals surface area contributed by atoms with Crippen LogP contribution in [0.2, 0.25) is 0 Å². The van der Waals surface area contributed by atoms with Crippen molar-refractivity contribution in [2.75, 3.05) is 33.9 Å². The highest BCUT2D eigenvalue weighted by atomic mass is 16.5. The van der Waals surface area contributed by atoms with Gasteiger partial charge in [-0.1, -0.05) is 13.8 Å². The highest BCUT2D eigenvalue weighted by Gasteiger charge is 2.46. The summed E-state index contributed by atoms with van der Waals surface area (Å²) in [4.78, 5) is 15.0. The molecule has 0 bridgehead atoms. The van der Waals surface area contributed by atoms with Crippen molar-refractivity contribution in [3.8, 4) is 11.5 Å². The molecule has 0 aromatic heterocycles. The zero-order valence-electron chi connectivity index (χ0n) is 17.9. The Balaban J connectivity index is 1.91. The van der Waals surface area contributed by atoms with Crippen LogP contribution in [0, 0.1) is 5.92 Å². The molecule has 0 atom stereocenters. The van der Waals surface area contributed by atoms with E-state index in [1.54, 1.807) is 14.2 Å². The van der Waals surface area contributed by atoms with E-state index in [1.165, 1.54) is 11.1 Å². The minimum atomic E-state index is -0.0120. The first-order valence-electron chi connectivity index (χ1n) is 10.8. The monoisotopic (exact) mass is 389 g/mol. The molecule has 5 nitrogen and oxygen atoms in total. The second-order valence-corrected chi connectivity index (χ2v) is 8.07. The van der Waals surface area contributed by atoms with Crippen molar-refractivity contribution in [1.29, 1.82) is 0 Å². The number of esters is 1. The molecule has 5 heteroatoms. The maximum atomic E-state index is 12.4. The van der Waals surface area contributed by atoms with Gasteiger partial charge in [0.05, 0.1) is 26.7 Å². The molecule has 0 saturated heterocycles. The lowest BCUT2D eigenvalue weighted by atomic mass is 9.68. The number of benzene rings is 1. The molecule has 1 aliphatic heterocycles. The van der Waals surface area contributed by atoms with E-state index < -0.39 is 0 Å². The van der Waals surface area contributed by atoms with Crippen LogP contribution in [-0.2, 0) is 21.5 Å². The van der Waals surface area contributed by atoms with Crippen molar-refractivity contribution >= 4 is 5.97 Å². The summed E-state index contributed by atoms with van der Waals surface area (Å²) < 4.78 is 16.6. The molecule has 1 fully saturated rings. The number of carbonyl (C=O) groups excluding carboxylic acids is 1. The van der Waals surface area contributed by atoms with E-state index in [2.05, 4.69) is 24.0 Å². The third kappa shape index (κ3) is 3.86. The summed E-state index contributed by atoms with van der Waals surface area (Å²) in [5, 5.41) is 0. The van der Waals surface area contributed by atoms with E-state index in [0.29, 0.717) is 6.61 Å². The summed E-state index contributed by atoms with van der Waals surface area (Å²) in [5.74, 6) is 1.62. The molecular weight excluding hydrogens is 354 g/mol. The molecular formula is C23H35NO4. The van der Waals surface area contributed by atoms with E-state index in [0.717, 1.165) is 69.5 Å². The van der Waals surface area contributed by atoms with Crippen LogP contribution in [0.25, 0.3) is 0 Å². The first-order chi connectivity index (χ1) is 13.6.